The van der Waals surface area contributed by atoms with Crippen molar-refractivity contribution in [1.82, 2.24) is 0 Å². The Morgan fingerprint density at radius 3 is 1.86 bits per heavy atom. The van der Waals surface area contributed by atoms with E-state index in [0.29, 0.717) is 5.92 Å². The molecule has 166 valence electrons. The smallest absolute Gasteiger partial charge is 0.0692 e. The van der Waals surface area contributed by atoms with Crippen LogP contribution in [0.1, 0.15) is 136 Å². The molecule has 0 amide bonds. The zero-order valence-electron chi connectivity index (χ0n) is 19.8. The van der Waals surface area contributed by atoms with Gasteiger partial charge in [-0.25, -0.2) is 0 Å². The van der Waals surface area contributed by atoms with Crippen LogP contribution in [0.5, 0.6) is 0 Å². The van der Waals surface area contributed by atoms with Crippen molar-refractivity contribution in [2.45, 2.75) is 136 Å². The van der Waals surface area contributed by atoms with Crippen LogP contribution in [0.2, 0.25) is 0 Å². The van der Waals surface area contributed by atoms with Gasteiger partial charge in [-0.3, -0.25) is 0 Å². The van der Waals surface area contributed by atoms with Gasteiger partial charge in [-0.1, -0.05) is 84.5 Å². The summed E-state index contributed by atoms with van der Waals surface area (Å²) in [5.74, 6) is 4.61. The Balaban J connectivity index is 1.38. The number of rotatable bonds is 9. The predicted octanol–water partition coefficient (Wildman–Crippen LogP) is 9.07. The van der Waals surface area contributed by atoms with Crippen LogP contribution < -0.4 is 0 Å². The molecule has 0 N–H and O–H groups in total. The fourth-order valence-corrected chi connectivity index (χ4v) is 7.35. The van der Waals surface area contributed by atoms with Gasteiger partial charge in [0.1, 0.15) is 0 Å². The van der Waals surface area contributed by atoms with Crippen molar-refractivity contribution in [1.29, 1.82) is 5.26 Å². The summed E-state index contributed by atoms with van der Waals surface area (Å²) in [5.41, 5.74) is 0.0465. The Morgan fingerprint density at radius 2 is 1.28 bits per heavy atom. The minimum Gasteiger partial charge on any atom is -0.198 e. The van der Waals surface area contributed by atoms with Crippen LogP contribution in [0.3, 0.4) is 0 Å². The average Bonchev–Trinajstić information content (AvgIpc) is 2.79. The third-order valence-electron chi connectivity index (χ3n) is 9.62. The molecular weight excluding hydrogens is 350 g/mol. The summed E-state index contributed by atoms with van der Waals surface area (Å²) in [6.45, 7) is 4.65. The second-order valence-corrected chi connectivity index (χ2v) is 11.2. The Labute approximate surface area is 182 Å². The lowest BCUT2D eigenvalue weighted by atomic mass is 9.58. The van der Waals surface area contributed by atoms with Crippen molar-refractivity contribution in [2.75, 3.05) is 0 Å². The molecular formula is C28H49N. The highest BCUT2D eigenvalue weighted by Gasteiger charge is 2.44. The Kier molecular flexibility index (Phi) is 9.40. The maximum atomic E-state index is 10.1. The molecule has 0 aromatic rings. The van der Waals surface area contributed by atoms with E-state index in [0.717, 1.165) is 23.7 Å². The lowest BCUT2D eigenvalue weighted by molar-refractivity contribution is 0.0608. The predicted molar refractivity (Wildman–Crippen MR) is 125 cm³/mol. The van der Waals surface area contributed by atoms with E-state index in [9.17, 15) is 5.26 Å². The highest BCUT2D eigenvalue weighted by molar-refractivity contribution is 5.06. The van der Waals surface area contributed by atoms with Crippen LogP contribution in [0, 0.1) is 46.3 Å². The molecule has 3 aliphatic carbocycles. The number of unbranched alkanes of at least 4 members (excludes halogenated alkanes) is 4. The van der Waals surface area contributed by atoms with Gasteiger partial charge in [0.15, 0.2) is 0 Å². The lowest BCUT2D eigenvalue weighted by Gasteiger charge is -2.45. The molecule has 0 bridgehead atoms. The normalized spacial score (nSPS) is 38.4. The molecule has 29 heavy (non-hydrogen) atoms. The van der Waals surface area contributed by atoms with E-state index in [4.69, 9.17) is 0 Å². The molecule has 3 rings (SSSR count). The van der Waals surface area contributed by atoms with Gasteiger partial charge in [0.05, 0.1) is 11.5 Å². The summed E-state index contributed by atoms with van der Waals surface area (Å²) >= 11 is 0. The third kappa shape index (κ3) is 6.24. The molecule has 0 aromatic carbocycles. The van der Waals surface area contributed by atoms with E-state index >= 15 is 0 Å². The lowest BCUT2D eigenvalue weighted by Crippen LogP contribution is -2.37. The molecule has 0 radical (unpaired) electrons. The van der Waals surface area contributed by atoms with Crippen LogP contribution in [0.15, 0.2) is 0 Å². The van der Waals surface area contributed by atoms with Crippen molar-refractivity contribution >= 4 is 0 Å². The van der Waals surface area contributed by atoms with Gasteiger partial charge in [0.25, 0.3) is 0 Å². The molecule has 3 saturated carbocycles. The molecule has 0 aliphatic heterocycles. The van der Waals surface area contributed by atoms with Gasteiger partial charge in [0.2, 0.25) is 0 Å². The molecule has 0 atom stereocenters. The minimum absolute atomic E-state index is 0.0465. The van der Waals surface area contributed by atoms with Crippen LogP contribution in [0.4, 0.5) is 0 Å². The zero-order valence-corrected chi connectivity index (χ0v) is 19.8. The highest BCUT2D eigenvalue weighted by Crippen LogP contribution is 2.52. The molecule has 3 fully saturated rings. The van der Waals surface area contributed by atoms with E-state index < -0.39 is 0 Å². The zero-order chi connectivity index (χ0) is 20.5. The number of nitrogens with zero attached hydrogens (tertiary/aromatic N) is 1. The summed E-state index contributed by atoms with van der Waals surface area (Å²) in [4.78, 5) is 0. The fraction of sp³-hybridized carbons (Fsp3) is 0.964. The molecule has 1 nitrogen and oxygen atoms in total. The fourth-order valence-electron chi connectivity index (χ4n) is 7.35. The maximum absolute atomic E-state index is 10.1. The van der Waals surface area contributed by atoms with Crippen molar-refractivity contribution in [2.24, 2.45) is 35.0 Å². The van der Waals surface area contributed by atoms with E-state index in [1.807, 2.05) is 0 Å². The van der Waals surface area contributed by atoms with Crippen molar-refractivity contribution in [3.63, 3.8) is 0 Å². The molecule has 1 heteroatoms. The number of hydrogen-bond donors (Lipinski definition) is 0. The van der Waals surface area contributed by atoms with Crippen LogP contribution >= 0.6 is 0 Å². The SMILES string of the molecule is CCCCCCCC1CCC(C2CCC(C#N)(C3CCC(CC)CC3)CC2)CC1. The molecule has 0 spiro atoms. The largest absolute Gasteiger partial charge is 0.198 e. The first-order valence-electron chi connectivity index (χ1n) is 13.6. The first-order chi connectivity index (χ1) is 14.2. The minimum atomic E-state index is 0.0465. The van der Waals surface area contributed by atoms with Crippen LogP contribution in [-0.4, -0.2) is 0 Å². The average molecular weight is 400 g/mol. The van der Waals surface area contributed by atoms with Gasteiger partial charge in [-0.2, -0.15) is 5.26 Å². The van der Waals surface area contributed by atoms with Gasteiger partial charge < -0.3 is 0 Å². The molecule has 0 aromatic heterocycles. The maximum Gasteiger partial charge on any atom is 0.0692 e. The quantitative estimate of drug-likeness (QED) is 0.355. The molecule has 0 unspecified atom stereocenters. The molecule has 3 aliphatic rings. The van der Waals surface area contributed by atoms with E-state index in [-0.39, 0.29) is 5.41 Å². The van der Waals surface area contributed by atoms with Crippen LogP contribution in [-0.2, 0) is 0 Å². The molecule has 0 heterocycles. The van der Waals surface area contributed by atoms with Crippen molar-refractivity contribution in [3.05, 3.63) is 0 Å². The van der Waals surface area contributed by atoms with Gasteiger partial charge in [0, 0.05) is 0 Å². The highest BCUT2D eigenvalue weighted by atomic mass is 14.5. The van der Waals surface area contributed by atoms with Gasteiger partial charge >= 0.3 is 0 Å². The monoisotopic (exact) mass is 399 g/mol. The van der Waals surface area contributed by atoms with E-state index in [1.165, 1.54) is 122 Å². The first kappa shape index (κ1) is 23.2. The standard InChI is InChI=1S/C28H49N/c1-3-5-6-7-8-9-24-10-14-25(15-11-24)26-18-20-28(22-29,21-19-26)27-16-12-23(4-2)13-17-27/h23-27H,3-21H2,1-2H3. The summed E-state index contributed by atoms with van der Waals surface area (Å²) < 4.78 is 0. The summed E-state index contributed by atoms with van der Waals surface area (Å²) in [7, 11) is 0. The molecule has 0 saturated heterocycles. The summed E-state index contributed by atoms with van der Waals surface area (Å²) in [6.07, 6.45) is 26.6. The Bertz CT molecular complexity index is 479. The number of hydrogen-bond acceptors (Lipinski definition) is 1. The van der Waals surface area contributed by atoms with Gasteiger partial charge in [-0.15, -0.1) is 0 Å². The van der Waals surface area contributed by atoms with Crippen molar-refractivity contribution in [3.8, 4) is 6.07 Å². The second kappa shape index (κ2) is 11.8. The van der Waals surface area contributed by atoms with Gasteiger partial charge in [-0.05, 0) is 81.0 Å². The van der Waals surface area contributed by atoms with E-state index in [2.05, 4.69) is 19.9 Å². The topological polar surface area (TPSA) is 23.8 Å². The first-order valence-corrected chi connectivity index (χ1v) is 13.6. The second-order valence-electron chi connectivity index (χ2n) is 11.2. The van der Waals surface area contributed by atoms with Crippen LogP contribution in [0.25, 0.3) is 0 Å². The van der Waals surface area contributed by atoms with E-state index in [1.54, 1.807) is 0 Å². The van der Waals surface area contributed by atoms with Crippen molar-refractivity contribution < 1.29 is 0 Å². The summed E-state index contributed by atoms with van der Waals surface area (Å²) in [6, 6.07) is 2.89. The number of nitriles is 1. The Morgan fingerprint density at radius 1 is 0.690 bits per heavy atom. The third-order valence-corrected chi connectivity index (χ3v) is 9.62. The summed E-state index contributed by atoms with van der Waals surface area (Å²) in [5, 5.41) is 10.1. The Hall–Kier alpha value is -0.510.